The second-order valence-corrected chi connectivity index (χ2v) is 7.81. The average Bonchev–Trinajstić information content (AvgIpc) is 3.27. The Hall–Kier alpha value is -2.70. The molecule has 0 atom stereocenters. The van der Waals surface area contributed by atoms with Crippen molar-refractivity contribution in [2.24, 2.45) is 0 Å². The highest BCUT2D eigenvalue weighted by atomic mass is 35.5. The van der Waals surface area contributed by atoms with Crippen LogP contribution in [0.25, 0.3) is 20.8 Å². The second-order valence-electron chi connectivity index (χ2n) is 6.35. The van der Waals surface area contributed by atoms with Crippen LogP contribution in [0, 0.1) is 6.92 Å². The van der Waals surface area contributed by atoms with Crippen molar-refractivity contribution in [3.63, 3.8) is 0 Å². The molecule has 0 fully saturated rings. The Morgan fingerprint density at radius 1 is 1.21 bits per heavy atom. The fraction of sp³-hybridized carbons (Fsp3) is 0.190. The van der Waals surface area contributed by atoms with E-state index in [4.69, 9.17) is 21.3 Å². The van der Waals surface area contributed by atoms with Crippen molar-refractivity contribution in [2.45, 2.75) is 20.4 Å². The Bertz CT molecular complexity index is 1150. The third-order valence-corrected chi connectivity index (χ3v) is 5.61. The first-order valence-electron chi connectivity index (χ1n) is 8.91. The molecule has 4 rings (SSSR count). The van der Waals surface area contributed by atoms with Gasteiger partial charge in [0.05, 0.1) is 23.4 Å². The molecule has 0 aliphatic carbocycles. The number of ether oxygens (including phenoxy) is 1. The molecule has 5 nitrogen and oxygen atoms in total. The molecule has 7 heteroatoms. The zero-order valence-electron chi connectivity index (χ0n) is 15.5. The Balaban J connectivity index is 1.73. The number of rotatable bonds is 5. The van der Waals surface area contributed by atoms with Gasteiger partial charge >= 0.3 is 5.97 Å². The van der Waals surface area contributed by atoms with Crippen LogP contribution in [-0.4, -0.2) is 27.3 Å². The van der Waals surface area contributed by atoms with E-state index < -0.39 is 5.97 Å². The van der Waals surface area contributed by atoms with Crippen LogP contribution in [0.5, 0.6) is 0 Å². The van der Waals surface area contributed by atoms with Crippen LogP contribution in [0.15, 0.2) is 48.5 Å². The van der Waals surface area contributed by atoms with E-state index >= 15 is 0 Å². The van der Waals surface area contributed by atoms with Crippen LogP contribution in [0.4, 0.5) is 0 Å². The molecule has 0 aliphatic rings. The van der Waals surface area contributed by atoms with Crippen molar-refractivity contribution in [1.82, 2.24) is 14.8 Å². The third kappa shape index (κ3) is 3.66. The zero-order valence-corrected chi connectivity index (χ0v) is 17.0. The summed E-state index contributed by atoms with van der Waals surface area (Å²) in [4.78, 5) is 16.8. The lowest BCUT2D eigenvalue weighted by atomic mass is 10.2. The number of carbonyl (C=O) groups is 1. The van der Waals surface area contributed by atoms with Gasteiger partial charge in [0.2, 0.25) is 0 Å². The van der Waals surface area contributed by atoms with E-state index in [2.05, 4.69) is 5.10 Å². The number of halogens is 1. The first kappa shape index (κ1) is 18.7. The van der Waals surface area contributed by atoms with E-state index in [0.29, 0.717) is 23.9 Å². The number of nitrogens with zero attached hydrogens (tertiary/aromatic N) is 3. The predicted octanol–water partition coefficient (Wildman–Crippen LogP) is 5.35. The smallest absolute Gasteiger partial charge is 0.358 e. The van der Waals surface area contributed by atoms with Crippen molar-refractivity contribution >= 4 is 39.1 Å². The van der Waals surface area contributed by atoms with E-state index in [-0.39, 0.29) is 0 Å². The number of fused-ring (bicyclic) bond motifs is 1. The molecule has 0 aliphatic heterocycles. The molecule has 142 valence electrons. The monoisotopic (exact) mass is 411 g/mol. The number of aryl methyl sites for hydroxylation is 1. The highest BCUT2D eigenvalue weighted by Crippen LogP contribution is 2.34. The lowest BCUT2D eigenvalue weighted by Gasteiger charge is -2.06. The van der Waals surface area contributed by atoms with Gasteiger partial charge in [-0.15, -0.1) is 11.3 Å². The van der Waals surface area contributed by atoms with Gasteiger partial charge < -0.3 is 4.74 Å². The molecule has 0 unspecified atom stereocenters. The van der Waals surface area contributed by atoms with Crippen molar-refractivity contribution in [1.29, 1.82) is 0 Å². The highest BCUT2D eigenvalue weighted by molar-refractivity contribution is 7.21. The summed E-state index contributed by atoms with van der Waals surface area (Å²) in [5, 5.41) is 6.00. The highest BCUT2D eigenvalue weighted by Gasteiger charge is 2.16. The number of esters is 1. The molecule has 2 aromatic heterocycles. The minimum atomic E-state index is -0.416. The van der Waals surface area contributed by atoms with Crippen LogP contribution in [0.2, 0.25) is 5.02 Å². The number of aromatic nitrogens is 3. The summed E-state index contributed by atoms with van der Waals surface area (Å²) in [6, 6.07) is 15.6. The number of carbonyl (C=O) groups excluding carboxylic acids is 1. The minimum Gasteiger partial charge on any atom is -0.461 e. The van der Waals surface area contributed by atoms with E-state index in [1.54, 1.807) is 29.0 Å². The lowest BCUT2D eigenvalue weighted by Crippen LogP contribution is -2.08. The normalized spacial score (nSPS) is 11.1. The number of hydrogen-bond acceptors (Lipinski definition) is 5. The first-order chi connectivity index (χ1) is 13.5. The maximum atomic E-state index is 12.0. The first-order valence-corrected chi connectivity index (χ1v) is 10.1. The molecule has 0 saturated carbocycles. The standard InChI is InChI=1S/C21H18ClN3O2S/c1-3-27-21(26)17-9-13(2)25(24-17)12-15-10-16(22)11-18-19(15)23-20(28-18)14-7-5-4-6-8-14/h4-11H,3,12H2,1-2H3. The summed E-state index contributed by atoms with van der Waals surface area (Å²) in [5.74, 6) is -0.416. The topological polar surface area (TPSA) is 57.0 Å². The van der Waals surface area contributed by atoms with Crippen LogP contribution in [-0.2, 0) is 11.3 Å². The number of hydrogen-bond donors (Lipinski definition) is 0. The number of thiazole rings is 1. The molecule has 28 heavy (non-hydrogen) atoms. The molecule has 0 spiro atoms. The second kappa shape index (κ2) is 7.73. The largest absolute Gasteiger partial charge is 0.461 e. The van der Waals surface area contributed by atoms with Crippen LogP contribution in [0.1, 0.15) is 28.7 Å². The van der Waals surface area contributed by atoms with Gasteiger partial charge in [-0.1, -0.05) is 41.9 Å². The Morgan fingerprint density at radius 3 is 2.75 bits per heavy atom. The summed E-state index contributed by atoms with van der Waals surface area (Å²) in [5.41, 5.74) is 4.12. The van der Waals surface area contributed by atoms with Crippen molar-refractivity contribution < 1.29 is 9.53 Å². The molecule has 0 radical (unpaired) electrons. The van der Waals surface area contributed by atoms with Gasteiger partial charge in [-0.2, -0.15) is 5.10 Å². The molecule has 4 aromatic rings. The fourth-order valence-electron chi connectivity index (χ4n) is 3.02. The molecule has 2 aromatic carbocycles. The van der Waals surface area contributed by atoms with E-state index in [0.717, 1.165) is 32.0 Å². The zero-order chi connectivity index (χ0) is 19.7. The Labute approximate surface area is 171 Å². The van der Waals surface area contributed by atoms with E-state index in [1.807, 2.05) is 49.4 Å². The summed E-state index contributed by atoms with van der Waals surface area (Å²) in [6.45, 7) is 4.48. The molecular formula is C21H18ClN3O2S. The van der Waals surface area contributed by atoms with Gasteiger partial charge in [-0.25, -0.2) is 9.78 Å². The van der Waals surface area contributed by atoms with Gasteiger partial charge in [0.25, 0.3) is 0 Å². The third-order valence-electron chi connectivity index (χ3n) is 4.35. The van der Waals surface area contributed by atoms with Gasteiger partial charge in [-0.3, -0.25) is 4.68 Å². The Kier molecular flexibility index (Phi) is 5.15. The molecule has 2 heterocycles. The number of benzene rings is 2. The van der Waals surface area contributed by atoms with Gasteiger partial charge in [0.15, 0.2) is 5.69 Å². The summed E-state index contributed by atoms with van der Waals surface area (Å²) in [7, 11) is 0. The molecule has 0 N–H and O–H groups in total. The van der Waals surface area contributed by atoms with Crippen molar-refractivity contribution in [3.8, 4) is 10.6 Å². The minimum absolute atomic E-state index is 0.306. The predicted molar refractivity (Wildman–Crippen MR) is 112 cm³/mol. The molecule has 0 amide bonds. The van der Waals surface area contributed by atoms with Crippen LogP contribution < -0.4 is 0 Å². The molecule has 0 bridgehead atoms. The van der Waals surface area contributed by atoms with E-state index in [1.165, 1.54) is 0 Å². The molecular weight excluding hydrogens is 394 g/mol. The maximum absolute atomic E-state index is 12.0. The maximum Gasteiger partial charge on any atom is 0.358 e. The average molecular weight is 412 g/mol. The van der Waals surface area contributed by atoms with Crippen molar-refractivity contribution in [2.75, 3.05) is 6.61 Å². The van der Waals surface area contributed by atoms with Crippen LogP contribution >= 0.6 is 22.9 Å². The van der Waals surface area contributed by atoms with Gasteiger partial charge in [-0.05, 0) is 32.0 Å². The Morgan fingerprint density at radius 2 is 2.00 bits per heavy atom. The SMILES string of the molecule is CCOC(=O)c1cc(C)n(Cc2cc(Cl)cc3sc(-c4ccccc4)nc23)n1. The van der Waals surface area contributed by atoms with Gasteiger partial charge in [0.1, 0.15) is 5.01 Å². The van der Waals surface area contributed by atoms with Crippen molar-refractivity contribution in [3.05, 3.63) is 70.5 Å². The summed E-state index contributed by atoms with van der Waals surface area (Å²) in [6.07, 6.45) is 0. The van der Waals surface area contributed by atoms with E-state index in [9.17, 15) is 4.79 Å². The quantitative estimate of drug-likeness (QED) is 0.415. The molecule has 0 saturated heterocycles. The summed E-state index contributed by atoms with van der Waals surface area (Å²) >= 11 is 7.97. The van der Waals surface area contributed by atoms with Crippen LogP contribution in [0.3, 0.4) is 0 Å². The fourth-order valence-corrected chi connectivity index (χ4v) is 4.39. The summed E-state index contributed by atoms with van der Waals surface area (Å²) < 4.78 is 7.84. The van der Waals surface area contributed by atoms with Gasteiger partial charge in [0, 0.05) is 21.8 Å². The lowest BCUT2D eigenvalue weighted by molar-refractivity contribution is 0.0518.